The average Bonchev–Trinajstić information content (AvgIpc) is 2.71. The Morgan fingerprint density at radius 2 is 1.81 bits per heavy atom. The number of hydrogen-bond acceptors (Lipinski definition) is 5. The number of amides is 1. The van der Waals surface area contributed by atoms with Crippen LogP contribution in [-0.4, -0.2) is 37.1 Å². The number of carbonyl (C=O) groups excluding carboxylic acids is 2. The maximum Gasteiger partial charge on any atom is 0.325 e. The Bertz CT molecular complexity index is 971. The molecule has 27 heavy (non-hydrogen) atoms. The third-order valence-electron chi connectivity index (χ3n) is 4.05. The van der Waals surface area contributed by atoms with Crippen LogP contribution in [0.2, 0.25) is 0 Å². The third kappa shape index (κ3) is 4.06. The number of methoxy groups -OCH3 is 1. The van der Waals surface area contributed by atoms with Crippen LogP contribution in [-0.2, 0) is 9.53 Å². The zero-order valence-electron chi connectivity index (χ0n) is 15.2. The standard InChI is InChI=1S/C21H20N2O4/c1-3-27-19(24)13-22-21(25)17-10-9-15-16(23-17)11-12-18(26-2)20(15)14-7-5-4-6-8-14/h4-12H,3,13H2,1-2H3,(H,22,25). The molecule has 0 aliphatic carbocycles. The van der Waals surface area contributed by atoms with E-state index >= 15 is 0 Å². The molecule has 138 valence electrons. The zero-order chi connectivity index (χ0) is 19.2. The predicted molar refractivity (Wildman–Crippen MR) is 103 cm³/mol. The van der Waals surface area contributed by atoms with Crippen LogP contribution in [0.15, 0.2) is 54.6 Å². The molecular formula is C21H20N2O4. The van der Waals surface area contributed by atoms with Gasteiger partial charge in [0.05, 0.1) is 19.2 Å². The van der Waals surface area contributed by atoms with Gasteiger partial charge in [-0.15, -0.1) is 0 Å². The van der Waals surface area contributed by atoms with Gasteiger partial charge in [-0.05, 0) is 36.8 Å². The molecule has 0 unspecified atom stereocenters. The van der Waals surface area contributed by atoms with Crippen molar-refractivity contribution < 1.29 is 19.1 Å². The van der Waals surface area contributed by atoms with Crippen LogP contribution < -0.4 is 10.1 Å². The molecule has 0 bridgehead atoms. The molecule has 0 fully saturated rings. The number of rotatable bonds is 6. The highest BCUT2D eigenvalue weighted by Crippen LogP contribution is 2.36. The minimum Gasteiger partial charge on any atom is -0.496 e. The number of aromatic nitrogens is 1. The topological polar surface area (TPSA) is 77.5 Å². The van der Waals surface area contributed by atoms with Crippen molar-refractivity contribution in [1.29, 1.82) is 0 Å². The van der Waals surface area contributed by atoms with E-state index in [-0.39, 0.29) is 18.8 Å². The summed E-state index contributed by atoms with van der Waals surface area (Å²) in [5.74, 6) is -0.181. The Kier molecular flexibility index (Phi) is 5.66. The first-order valence-electron chi connectivity index (χ1n) is 8.61. The average molecular weight is 364 g/mol. The molecule has 1 amide bonds. The molecule has 0 saturated heterocycles. The van der Waals surface area contributed by atoms with Crippen molar-refractivity contribution in [2.24, 2.45) is 0 Å². The largest absolute Gasteiger partial charge is 0.496 e. The fourth-order valence-corrected chi connectivity index (χ4v) is 2.84. The lowest BCUT2D eigenvalue weighted by Gasteiger charge is -2.13. The Labute approximate surface area is 157 Å². The summed E-state index contributed by atoms with van der Waals surface area (Å²) in [4.78, 5) is 28.1. The van der Waals surface area contributed by atoms with Gasteiger partial charge in [-0.25, -0.2) is 4.98 Å². The van der Waals surface area contributed by atoms with E-state index in [1.165, 1.54) is 0 Å². The number of fused-ring (bicyclic) bond motifs is 1. The number of carbonyl (C=O) groups is 2. The lowest BCUT2D eigenvalue weighted by molar-refractivity contribution is -0.141. The molecule has 1 heterocycles. The van der Waals surface area contributed by atoms with Gasteiger partial charge in [-0.2, -0.15) is 0 Å². The van der Waals surface area contributed by atoms with Gasteiger partial charge in [0.15, 0.2) is 0 Å². The Morgan fingerprint density at radius 3 is 2.52 bits per heavy atom. The van der Waals surface area contributed by atoms with E-state index in [2.05, 4.69) is 10.3 Å². The second-order valence-corrected chi connectivity index (χ2v) is 5.76. The van der Waals surface area contributed by atoms with Crippen LogP contribution in [0.25, 0.3) is 22.0 Å². The normalized spacial score (nSPS) is 10.4. The Morgan fingerprint density at radius 1 is 1.04 bits per heavy atom. The molecule has 0 saturated carbocycles. The van der Waals surface area contributed by atoms with Crippen LogP contribution in [0.1, 0.15) is 17.4 Å². The number of pyridine rings is 1. The molecule has 6 nitrogen and oxygen atoms in total. The molecule has 0 aliphatic heterocycles. The molecule has 0 radical (unpaired) electrons. The van der Waals surface area contributed by atoms with E-state index in [1.807, 2.05) is 48.5 Å². The van der Waals surface area contributed by atoms with E-state index < -0.39 is 11.9 Å². The number of nitrogens with zero attached hydrogens (tertiary/aromatic N) is 1. The molecule has 0 spiro atoms. The van der Waals surface area contributed by atoms with Crippen molar-refractivity contribution in [2.75, 3.05) is 20.3 Å². The molecule has 0 aliphatic rings. The van der Waals surface area contributed by atoms with Gasteiger partial charge in [0.25, 0.3) is 5.91 Å². The minimum absolute atomic E-state index is 0.190. The maximum absolute atomic E-state index is 12.3. The summed E-state index contributed by atoms with van der Waals surface area (Å²) in [6, 6.07) is 17.0. The molecular weight excluding hydrogens is 344 g/mol. The molecule has 1 N–H and O–H groups in total. The SMILES string of the molecule is CCOC(=O)CNC(=O)c1ccc2c(-c3ccccc3)c(OC)ccc2n1. The highest BCUT2D eigenvalue weighted by Gasteiger charge is 2.15. The summed E-state index contributed by atoms with van der Waals surface area (Å²) in [5, 5.41) is 3.39. The second kappa shape index (κ2) is 8.31. The molecule has 3 rings (SSSR count). The summed E-state index contributed by atoms with van der Waals surface area (Å²) in [6.07, 6.45) is 0. The molecule has 0 atom stereocenters. The number of esters is 1. The smallest absolute Gasteiger partial charge is 0.325 e. The van der Waals surface area contributed by atoms with E-state index in [4.69, 9.17) is 9.47 Å². The van der Waals surface area contributed by atoms with Gasteiger partial charge >= 0.3 is 5.97 Å². The number of nitrogens with one attached hydrogen (secondary N) is 1. The van der Waals surface area contributed by atoms with Crippen LogP contribution in [0.4, 0.5) is 0 Å². The molecule has 2 aromatic carbocycles. The highest BCUT2D eigenvalue weighted by molar-refractivity contribution is 6.01. The predicted octanol–water partition coefficient (Wildman–Crippen LogP) is 3.20. The monoisotopic (exact) mass is 364 g/mol. The Balaban J connectivity index is 1.95. The van der Waals surface area contributed by atoms with Crippen molar-refractivity contribution in [3.05, 3.63) is 60.3 Å². The lowest BCUT2D eigenvalue weighted by atomic mass is 9.99. The Hall–Kier alpha value is -3.41. The summed E-state index contributed by atoms with van der Waals surface area (Å²) in [5.41, 5.74) is 2.82. The fraction of sp³-hybridized carbons (Fsp3) is 0.190. The van der Waals surface area contributed by atoms with Crippen LogP contribution >= 0.6 is 0 Å². The highest BCUT2D eigenvalue weighted by atomic mass is 16.5. The summed E-state index contributed by atoms with van der Waals surface area (Å²) in [6.45, 7) is 1.79. The van der Waals surface area contributed by atoms with Crippen LogP contribution in [0.3, 0.4) is 0 Å². The second-order valence-electron chi connectivity index (χ2n) is 5.76. The summed E-state index contributed by atoms with van der Waals surface area (Å²) < 4.78 is 10.3. The first kappa shape index (κ1) is 18.4. The van der Waals surface area contributed by atoms with Gasteiger partial charge in [0.1, 0.15) is 18.0 Å². The first-order valence-corrected chi connectivity index (χ1v) is 8.61. The number of ether oxygens (including phenoxy) is 2. The van der Waals surface area contributed by atoms with Gasteiger partial charge in [0, 0.05) is 10.9 Å². The van der Waals surface area contributed by atoms with E-state index in [9.17, 15) is 9.59 Å². The van der Waals surface area contributed by atoms with Crippen molar-refractivity contribution in [3.8, 4) is 16.9 Å². The number of hydrogen-bond donors (Lipinski definition) is 1. The zero-order valence-corrected chi connectivity index (χ0v) is 15.2. The van der Waals surface area contributed by atoms with E-state index in [0.717, 1.165) is 22.3 Å². The third-order valence-corrected chi connectivity index (χ3v) is 4.05. The minimum atomic E-state index is -0.484. The molecule has 1 aromatic heterocycles. The van der Waals surface area contributed by atoms with Crippen LogP contribution in [0, 0.1) is 0 Å². The quantitative estimate of drug-likeness (QED) is 0.680. The fourth-order valence-electron chi connectivity index (χ4n) is 2.84. The van der Waals surface area contributed by atoms with E-state index in [0.29, 0.717) is 5.52 Å². The number of benzene rings is 2. The van der Waals surface area contributed by atoms with Crippen molar-refractivity contribution in [1.82, 2.24) is 10.3 Å². The van der Waals surface area contributed by atoms with Crippen molar-refractivity contribution in [3.63, 3.8) is 0 Å². The maximum atomic E-state index is 12.3. The summed E-state index contributed by atoms with van der Waals surface area (Å²) >= 11 is 0. The van der Waals surface area contributed by atoms with Crippen LogP contribution in [0.5, 0.6) is 5.75 Å². The van der Waals surface area contributed by atoms with E-state index in [1.54, 1.807) is 20.1 Å². The first-order chi connectivity index (χ1) is 13.1. The summed E-state index contributed by atoms with van der Waals surface area (Å²) in [7, 11) is 1.62. The van der Waals surface area contributed by atoms with Gasteiger partial charge in [0.2, 0.25) is 0 Å². The van der Waals surface area contributed by atoms with Gasteiger partial charge in [-0.1, -0.05) is 30.3 Å². The lowest BCUT2D eigenvalue weighted by Crippen LogP contribution is -2.31. The van der Waals surface area contributed by atoms with Crippen molar-refractivity contribution >= 4 is 22.8 Å². The van der Waals surface area contributed by atoms with Gasteiger partial charge in [-0.3, -0.25) is 9.59 Å². The van der Waals surface area contributed by atoms with Crippen molar-refractivity contribution in [2.45, 2.75) is 6.92 Å². The van der Waals surface area contributed by atoms with Gasteiger partial charge < -0.3 is 14.8 Å². The molecule has 3 aromatic rings. The molecule has 6 heteroatoms.